The Morgan fingerprint density at radius 1 is 1.69 bits per heavy atom. The first kappa shape index (κ1) is 11.1. The van der Waals surface area contributed by atoms with Gasteiger partial charge in [-0.3, -0.25) is 5.43 Å². The Hall–Kier alpha value is -1.40. The second-order valence-electron chi connectivity index (χ2n) is 3.90. The fraction of sp³-hybridized carbons (Fsp3) is 0.600. The lowest BCUT2D eigenvalue weighted by atomic mass is 10.2. The normalized spacial score (nSPS) is 19.8. The molecular weight excluding hydrogens is 206 g/mol. The maximum atomic E-state index is 5.58. The molecule has 0 saturated carbocycles. The van der Waals surface area contributed by atoms with Crippen LogP contribution in [0.2, 0.25) is 0 Å². The Labute approximate surface area is 94.8 Å². The zero-order chi connectivity index (χ0) is 11.4. The minimum absolute atomic E-state index is 0.314. The number of nitrogens with two attached hydrogens (primary N) is 1. The van der Waals surface area contributed by atoms with Gasteiger partial charge in [-0.1, -0.05) is 0 Å². The van der Waals surface area contributed by atoms with Crippen molar-refractivity contribution in [3.8, 4) is 0 Å². The first-order chi connectivity index (χ1) is 7.79. The van der Waals surface area contributed by atoms with Gasteiger partial charge in [-0.25, -0.2) is 10.8 Å². The molecule has 2 heterocycles. The topological polar surface area (TPSA) is 76.3 Å². The largest absolute Gasteiger partial charge is 0.376 e. The standard InChI is InChI=1S/C10H17N5O/c1-15(7-8-3-2-6-16-8)9-4-5-12-10(13-9)14-11/h4-5,8H,2-3,6-7,11H2,1H3,(H,12,13,14). The van der Waals surface area contributed by atoms with E-state index in [9.17, 15) is 0 Å². The van der Waals surface area contributed by atoms with Crippen LogP contribution in [0.1, 0.15) is 12.8 Å². The number of aromatic nitrogens is 2. The molecule has 0 amide bonds. The van der Waals surface area contributed by atoms with Crippen LogP contribution in [0, 0.1) is 0 Å². The summed E-state index contributed by atoms with van der Waals surface area (Å²) in [4.78, 5) is 10.3. The van der Waals surface area contributed by atoms with E-state index in [0.29, 0.717) is 12.1 Å². The van der Waals surface area contributed by atoms with Crippen molar-refractivity contribution >= 4 is 11.8 Å². The van der Waals surface area contributed by atoms with Gasteiger partial charge in [0.05, 0.1) is 6.10 Å². The van der Waals surface area contributed by atoms with Crippen LogP contribution in [0.15, 0.2) is 12.3 Å². The van der Waals surface area contributed by atoms with Gasteiger partial charge in [0.2, 0.25) is 5.95 Å². The summed E-state index contributed by atoms with van der Waals surface area (Å²) in [5.74, 6) is 6.54. The molecule has 1 saturated heterocycles. The van der Waals surface area contributed by atoms with Gasteiger partial charge in [0.15, 0.2) is 0 Å². The predicted molar refractivity (Wildman–Crippen MR) is 62.1 cm³/mol. The number of hydrogen-bond acceptors (Lipinski definition) is 6. The average Bonchev–Trinajstić information content (AvgIpc) is 2.82. The summed E-state index contributed by atoms with van der Waals surface area (Å²) in [5.41, 5.74) is 2.44. The zero-order valence-electron chi connectivity index (χ0n) is 9.39. The Morgan fingerprint density at radius 3 is 3.25 bits per heavy atom. The van der Waals surface area contributed by atoms with Crippen molar-refractivity contribution in [3.63, 3.8) is 0 Å². The van der Waals surface area contributed by atoms with Crippen molar-refractivity contribution in [2.24, 2.45) is 5.84 Å². The minimum Gasteiger partial charge on any atom is -0.376 e. The highest BCUT2D eigenvalue weighted by molar-refractivity contribution is 5.41. The van der Waals surface area contributed by atoms with Crippen molar-refractivity contribution in [2.75, 3.05) is 30.5 Å². The molecule has 0 radical (unpaired) electrons. The average molecular weight is 223 g/mol. The van der Waals surface area contributed by atoms with Crippen LogP contribution in [-0.4, -0.2) is 36.3 Å². The number of nitrogens with one attached hydrogen (secondary N) is 1. The third-order valence-electron chi connectivity index (χ3n) is 2.66. The molecule has 1 atom stereocenters. The molecular formula is C10H17N5O. The van der Waals surface area contributed by atoms with E-state index in [2.05, 4.69) is 20.3 Å². The lowest BCUT2D eigenvalue weighted by Crippen LogP contribution is -2.29. The van der Waals surface area contributed by atoms with Gasteiger partial charge in [0.1, 0.15) is 5.82 Å². The Kier molecular flexibility index (Phi) is 3.53. The van der Waals surface area contributed by atoms with E-state index >= 15 is 0 Å². The number of ether oxygens (including phenoxy) is 1. The van der Waals surface area contributed by atoms with Crippen LogP contribution in [-0.2, 0) is 4.74 Å². The Balaban J connectivity index is 1.98. The van der Waals surface area contributed by atoms with Crippen LogP contribution in [0.4, 0.5) is 11.8 Å². The van der Waals surface area contributed by atoms with Crippen molar-refractivity contribution in [2.45, 2.75) is 18.9 Å². The van der Waals surface area contributed by atoms with E-state index in [4.69, 9.17) is 10.6 Å². The molecule has 1 aliphatic heterocycles. The number of nitrogen functional groups attached to an aromatic ring is 1. The molecule has 0 aliphatic carbocycles. The van der Waals surface area contributed by atoms with Crippen LogP contribution < -0.4 is 16.2 Å². The Bertz CT molecular complexity index is 340. The number of hydrogen-bond donors (Lipinski definition) is 2. The van der Waals surface area contributed by atoms with E-state index in [1.54, 1.807) is 6.20 Å². The number of likely N-dealkylation sites (N-methyl/N-ethyl adjacent to an activating group) is 1. The summed E-state index contributed by atoms with van der Waals surface area (Å²) in [6.45, 7) is 1.72. The second kappa shape index (κ2) is 5.09. The van der Waals surface area contributed by atoms with Crippen LogP contribution in [0.3, 0.4) is 0 Å². The third-order valence-corrected chi connectivity index (χ3v) is 2.66. The molecule has 1 aliphatic rings. The third kappa shape index (κ3) is 2.59. The highest BCUT2D eigenvalue weighted by Gasteiger charge is 2.18. The smallest absolute Gasteiger partial charge is 0.239 e. The molecule has 0 bridgehead atoms. The molecule has 1 aromatic rings. The predicted octanol–water partition coefficient (Wildman–Crippen LogP) is 0.377. The maximum absolute atomic E-state index is 5.58. The molecule has 2 rings (SSSR count). The van der Waals surface area contributed by atoms with Gasteiger partial charge in [-0.05, 0) is 18.9 Å². The van der Waals surface area contributed by atoms with E-state index in [0.717, 1.165) is 31.8 Å². The first-order valence-electron chi connectivity index (χ1n) is 5.42. The first-order valence-corrected chi connectivity index (χ1v) is 5.42. The van der Waals surface area contributed by atoms with Crippen molar-refractivity contribution in [1.82, 2.24) is 9.97 Å². The molecule has 6 nitrogen and oxygen atoms in total. The van der Waals surface area contributed by atoms with Gasteiger partial charge in [-0.2, -0.15) is 4.98 Å². The van der Waals surface area contributed by atoms with Gasteiger partial charge < -0.3 is 9.64 Å². The van der Waals surface area contributed by atoms with Gasteiger partial charge in [0, 0.05) is 26.4 Å². The zero-order valence-corrected chi connectivity index (χ0v) is 9.39. The molecule has 1 unspecified atom stereocenters. The van der Waals surface area contributed by atoms with Crippen molar-refractivity contribution < 1.29 is 4.74 Å². The molecule has 1 fully saturated rings. The molecule has 88 valence electrons. The highest BCUT2D eigenvalue weighted by Crippen LogP contribution is 2.16. The number of anilines is 2. The van der Waals surface area contributed by atoms with E-state index < -0.39 is 0 Å². The molecule has 0 aromatic carbocycles. The van der Waals surface area contributed by atoms with Gasteiger partial charge in [-0.15, -0.1) is 0 Å². The SMILES string of the molecule is CN(CC1CCCO1)c1ccnc(NN)n1. The van der Waals surface area contributed by atoms with E-state index in [1.165, 1.54) is 0 Å². The molecule has 1 aromatic heterocycles. The molecule has 3 N–H and O–H groups in total. The second-order valence-corrected chi connectivity index (χ2v) is 3.90. The van der Waals surface area contributed by atoms with Crippen molar-refractivity contribution in [1.29, 1.82) is 0 Å². The number of rotatable bonds is 4. The number of nitrogens with zero attached hydrogens (tertiary/aromatic N) is 3. The number of hydrazine groups is 1. The maximum Gasteiger partial charge on any atom is 0.239 e. The van der Waals surface area contributed by atoms with Crippen molar-refractivity contribution in [3.05, 3.63) is 12.3 Å². The van der Waals surface area contributed by atoms with Crippen LogP contribution >= 0.6 is 0 Å². The highest BCUT2D eigenvalue weighted by atomic mass is 16.5. The summed E-state index contributed by atoms with van der Waals surface area (Å²) >= 11 is 0. The summed E-state index contributed by atoms with van der Waals surface area (Å²) in [5, 5.41) is 0. The summed E-state index contributed by atoms with van der Waals surface area (Å²) in [6, 6.07) is 1.86. The summed E-state index contributed by atoms with van der Waals surface area (Å²) in [7, 11) is 1.99. The lowest BCUT2D eigenvalue weighted by molar-refractivity contribution is 0.116. The van der Waals surface area contributed by atoms with E-state index in [1.807, 2.05) is 13.1 Å². The fourth-order valence-corrected chi connectivity index (χ4v) is 1.82. The van der Waals surface area contributed by atoms with Crippen LogP contribution in [0.5, 0.6) is 0 Å². The fourth-order valence-electron chi connectivity index (χ4n) is 1.82. The summed E-state index contributed by atoms with van der Waals surface area (Å²) in [6.07, 6.45) is 4.27. The molecule has 6 heteroatoms. The van der Waals surface area contributed by atoms with E-state index in [-0.39, 0.29) is 0 Å². The summed E-state index contributed by atoms with van der Waals surface area (Å²) < 4.78 is 5.58. The lowest BCUT2D eigenvalue weighted by Gasteiger charge is -2.21. The molecule has 0 spiro atoms. The van der Waals surface area contributed by atoms with Crippen LogP contribution in [0.25, 0.3) is 0 Å². The van der Waals surface area contributed by atoms with Gasteiger partial charge >= 0.3 is 0 Å². The van der Waals surface area contributed by atoms with Gasteiger partial charge in [0.25, 0.3) is 0 Å². The minimum atomic E-state index is 0.314. The quantitative estimate of drug-likeness (QED) is 0.567. The molecule has 16 heavy (non-hydrogen) atoms. The monoisotopic (exact) mass is 223 g/mol. The Morgan fingerprint density at radius 2 is 2.56 bits per heavy atom.